The van der Waals surface area contributed by atoms with Gasteiger partial charge >= 0.3 is 5.97 Å². The molecule has 1 N–H and O–H groups in total. The molecular formula is C22H23N3O5. The molecule has 0 unspecified atom stereocenters. The highest BCUT2D eigenvalue weighted by Crippen LogP contribution is 2.32. The number of hydrogen-bond acceptors (Lipinski definition) is 6. The van der Waals surface area contributed by atoms with E-state index in [1.54, 1.807) is 30.3 Å². The number of fused-ring (bicyclic) bond motifs is 1. The SMILES string of the molecule is O=C1CCc2cc(OC(=O)c3ccc(N4CCCCCC4)c([N+](=O)[O-])c3)ccc2N1. The van der Waals surface area contributed by atoms with Crippen LogP contribution in [-0.2, 0) is 11.2 Å². The summed E-state index contributed by atoms with van der Waals surface area (Å²) in [6.07, 6.45) is 5.20. The third kappa shape index (κ3) is 4.27. The Labute approximate surface area is 174 Å². The summed E-state index contributed by atoms with van der Waals surface area (Å²) < 4.78 is 5.45. The summed E-state index contributed by atoms with van der Waals surface area (Å²) in [6.45, 7) is 1.55. The lowest BCUT2D eigenvalue weighted by Gasteiger charge is -2.22. The van der Waals surface area contributed by atoms with Crippen molar-refractivity contribution < 1.29 is 19.2 Å². The van der Waals surface area contributed by atoms with Gasteiger partial charge in [-0.25, -0.2) is 4.79 Å². The van der Waals surface area contributed by atoms with Crippen LogP contribution in [-0.4, -0.2) is 29.9 Å². The Balaban J connectivity index is 1.55. The average molecular weight is 409 g/mol. The fourth-order valence-electron chi connectivity index (χ4n) is 3.96. The lowest BCUT2D eigenvalue weighted by molar-refractivity contribution is -0.384. The van der Waals surface area contributed by atoms with Crippen LogP contribution < -0.4 is 15.0 Å². The van der Waals surface area contributed by atoms with Crippen molar-refractivity contribution in [1.29, 1.82) is 0 Å². The maximum absolute atomic E-state index is 12.6. The van der Waals surface area contributed by atoms with E-state index in [9.17, 15) is 19.7 Å². The molecule has 1 amide bonds. The van der Waals surface area contributed by atoms with E-state index in [-0.39, 0.29) is 17.2 Å². The largest absolute Gasteiger partial charge is 0.423 e. The standard InChI is InChI=1S/C22H23N3O5/c26-21-10-6-15-13-17(7-8-18(15)23-21)30-22(27)16-5-9-19(20(14-16)25(28)29)24-11-3-1-2-4-12-24/h5,7-9,13-14H,1-4,6,10-12H2,(H,23,26). The number of carbonyl (C=O) groups excluding carboxylic acids is 2. The second-order valence-corrected chi connectivity index (χ2v) is 7.62. The van der Waals surface area contributed by atoms with Gasteiger partial charge in [0.2, 0.25) is 5.91 Å². The summed E-state index contributed by atoms with van der Waals surface area (Å²) in [4.78, 5) is 37.3. The van der Waals surface area contributed by atoms with Gasteiger partial charge in [-0.2, -0.15) is 0 Å². The van der Waals surface area contributed by atoms with Gasteiger partial charge in [-0.05, 0) is 55.2 Å². The predicted octanol–water partition coefficient (Wildman–Crippen LogP) is 4.08. The Kier molecular flexibility index (Phi) is 5.65. The maximum Gasteiger partial charge on any atom is 0.343 e. The van der Waals surface area contributed by atoms with Gasteiger partial charge in [0.1, 0.15) is 11.4 Å². The van der Waals surface area contributed by atoms with Crippen LogP contribution in [0.25, 0.3) is 0 Å². The summed E-state index contributed by atoms with van der Waals surface area (Å²) in [5.74, 6) is -0.349. The Bertz CT molecular complexity index is 996. The molecular weight excluding hydrogens is 386 g/mol. The highest BCUT2D eigenvalue weighted by molar-refractivity contribution is 5.95. The average Bonchev–Trinajstić information content (AvgIpc) is 3.03. The molecule has 2 heterocycles. The van der Waals surface area contributed by atoms with Crippen molar-refractivity contribution in [2.24, 2.45) is 0 Å². The Morgan fingerprint density at radius 1 is 1.03 bits per heavy atom. The Morgan fingerprint density at radius 2 is 1.80 bits per heavy atom. The molecule has 1 saturated heterocycles. The zero-order valence-corrected chi connectivity index (χ0v) is 16.6. The second-order valence-electron chi connectivity index (χ2n) is 7.62. The topological polar surface area (TPSA) is 102 Å². The minimum absolute atomic E-state index is 0.0379. The smallest absolute Gasteiger partial charge is 0.343 e. The van der Waals surface area contributed by atoms with Gasteiger partial charge in [-0.15, -0.1) is 0 Å². The van der Waals surface area contributed by atoms with Crippen molar-refractivity contribution in [3.8, 4) is 5.75 Å². The summed E-state index contributed by atoms with van der Waals surface area (Å²) >= 11 is 0. The van der Waals surface area contributed by atoms with Crippen molar-refractivity contribution >= 4 is 28.9 Å². The first-order valence-electron chi connectivity index (χ1n) is 10.2. The van der Waals surface area contributed by atoms with E-state index >= 15 is 0 Å². The summed E-state index contributed by atoms with van der Waals surface area (Å²) in [5.41, 5.74) is 2.19. The molecule has 4 rings (SSSR count). The molecule has 8 nitrogen and oxygen atoms in total. The first-order valence-corrected chi connectivity index (χ1v) is 10.2. The number of nitrogens with one attached hydrogen (secondary N) is 1. The van der Waals surface area contributed by atoms with Gasteiger partial charge in [0.25, 0.3) is 5.69 Å². The number of anilines is 2. The number of esters is 1. The van der Waals surface area contributed by atoms with Crippen molar-refractivity contribution in [1.82, 2.24) is 0 Å². The normalized spacial score (nSPS) is 16.3. The highest BCUT2D eigenvalue weighted by Gasteiger charge is 2.24. The first kappa shape index (κ1) is 19.9. The minimum atomic E-state index is -0.652. The van der Waals surface area contributed by atoms with Gasteiger partial charge in [-0.3, -0.25) is 14.9 Å². The molecule has 156 valence electrons. The number of nitro groups is 1. The third-order valence-electron chi connectivity index (χ3n) is 5.54. The lowest BCUT2D eigenvalue weighted by atomic mass is 10.0. The van der Waals surface area contributed by atoms with Crippen molar-refractivity contribution in [3.05, 3.63) is 57.6 Å². The van der Waals surface area contributed by atoms with Crippen LogP contribution in [0.15, 0.2) is 36.4 Å². The summed E-state index contributed by atoms with van der Waals surface area (Å²) in [6, 6.07) is 9.52. The molecule has 1 fully saturated rings. The van der Waals surface area contributed by atoms with Crippen LogP contribution in [0.1, 0.15) is 48.0 Å². The number of aryl methyl sites for hydroxylation is 1. The molecule has 2 aromatic rings. The molecule has 0 aromatic heterocycles. The molecule has 0 bridgehead atoms. The third-order valence-corrected chi connectivity index (χ3v) is 5.54. The van der Waals surface area contributed by atoms with E-state index in [1.165, 1.54) is 6.07 Å². The van der Waals surface area contributed by atoms with Crippen molar-refractivity contribution in [2.75, 3.05) is 23.3 Å². The van der Waals surface area contributed by atoms with Crippen LogP contribution in [0.4, 0.5) is 17.1 Å². The van der Waals surface area contributed by atoms with Crippen LogP contribution in [0.3, 0.4) is 0 Å². The van der Waals surface area contributed by atoms with Gasteiger partial charge < -0.3 is 15.0 Å². The molecule has 0 spiro atoms. The fraction of sp³-hybridized carbons (Fsp3) is 0.364. The van der Waals surface area contributed by atoms with Gasteiger partial charge in [-0.1, -0.05) is 12.8 Å². The van der Waals surface area contributed by atoms with E-state index in [0.29, 0.717) is 30.0 Å². The van der Waals surface area contributed by atoms with E-state index in [1.807, 2.05) is 4.90 Å². The van der Waals surface area contributed by atoms with E-state index < -0.39 is 10.9 Å². The van der Waals surface area contributed by atoms with E-state index in [4.69, 9.17) is 4.74 Å². The molecule has 30 heavy (non-hydrogen) atoms. The van der Waals surface area contributed by atoms with Gasteiger partial charge in [0.05, 0.1) is 10.5 Å². The molecule has 0 aliphatic carbocycles. The number of nitro benzene ring substituents is 1. The van der Waals surface area contributed by atoms with Crippen LogP contribution in [0, 0.1) is 10.1 Å². The molecule has 2 aromatic carbocycles. The van der Waals surface area contributed by atoms with Crippen LogP contribution in [0.5, 0.6) is 5.75 Å². The van der Waals surface area contributed by atoms with E-state index in [2.05, 4.69) is 5.32 Å². The van der Waals surface area contributed by atoms with Crippen LogP contribution >= 0.6 is 0 Å². The number of ether oxygens (including phenoxy) is 1. The molecule has 2 aliphatic rings. The Morgan fingerprint density at radius 3 is 2.53 bits per heavy atom. The molecule has 0 atom stereocenters. The predicted molar refractivity (Wildman–Crippen MR) is 112 cm³/mol. The van der Waals surface area contributed by atoms with Crippen molar-refractivity contribution in [3.63, 3.8) is 0 Å². The first-order chi connectivity index (χ1) is 14.5. The maximum atomic E-state index is 12.6. The quantitative estimate of drug-likeness (QED) is 0.353. The van der Waals surface area contributed by atoms with Crippen LogP contribution in [0.2, 0.25) is 0 Å². The summed E-state index contributed by atoms with van der Waals surface area (Å²) in [7, 11) is 0. The zero-order chi connectivity index (χ0) is 21.1. The second kappa shape index (κ2) is 8.52. The molecule has 0 saturated carbocycles. The molecule has 2 aliphatic heterocycles. The Hall–Kier alpha value is -3.42. The number of carbonyl (C=O) groups is 2. The highest BCUT2D eigenvalue weighted by atomic mass is 16.6. The number of hydrogen-bond donors (Lipinski definition) is 1. The molecule has 0 radical (unpaired) electrons. The van der Waals surface area contributed by atoms with Gasteiger partial charge in [0.15, 0.2) is 0 Å². The minimum Gasteiger partial charge on any atom is -0.423 e. The van der Waals surface area contributed by atoms with Crippen molar-refractivity contribution in [2.45, 2.75) is 38.5 Å². The number of benzene rings is 2. The number of amides is 1. The lowest BCUT2D eigenvalue weighted by Crippen LogP contribution is -2.25. The monoisotopic (exact) mass is 409 g/mol. The number of rotatable bonds is 4. The fourth-order valence-corrected chi connectivity index (χ4v) is 3.96. The van der Waals surface area contributed by atoms with E-state index in [0.717, 1.165) is 44.3 Å². The molecule has 8 heteroatoms. The number of nitrogens with zero attached hydrogens (tertiary/aromatic N) is 2. The van der Waals surface area contributed by atoms with Gasteiger partial charge in [0, 0.05) is 31.3 Å². The summed E-state index contributed by atoms with van der Waals surface area (Å²) in [5, 5.41) is 14.4. The zero-order valence-electron chi connectivity index (χ0n) is 16.6.